The molecule has 9 heteroatoms. The summed E-state index contributed by atoms with van der Waals surface area (Å²) in [7, 11) is 0.950. The van der Waals surface area contributed by atoms with E-state index >= 15 is 0 Å². The van der Waals surface area contributed by atoms with Gasteiger partial charge in [0.15, 0.2) is 5.76 Å². The van der Waals surface area contributed by atoms with Crippen molar-refractivity contribution in [3.63, 3.8) is 0 Å². The summed E-state index contributed by atoms with van der Waals surface area (Å²) < 4.78 is 31.9. The molecule has 29 heavy (non-hydrogen) atoms. The lowest BCUT2D eigenvalue weighted by molar-refractivity contribution is -0.144. The van der Waals surface area contributed by atoms with Crippen molar-refractivity contribution in [3.05, 3.63) is 35.8 Å². The number of hydrogen-bond acceptors (Lipinski definition) is 6. The quantitative estimate of drug-likeness (QED) is 0.789. The highest BCUT2D eigenvalue weighted by atomic mass is 19.1. The van der Waals surface area contributed by atoms with Crippen molar-refractivity contribution in [2.24, 2.45) is 0 Å². The number of amides is 1. The Morgan fingerprint density at radius 1 is 1.17 bits per heavy atom. The van der Waals surface area contributed by atoms with E-state index in [1.807, 2.05) is 27.7 Å². The molecule has 0 bridgehead atoms. The number of hydrogen-bond donors (Lipinski definition) is 1. The fourth-order valence-corrected chi connectivity index (χ4v) is 3.54. The van der Waals surface area contributed by atoms with E-state index in [1.165, 1.54) is 17.0 Å². The molecular formula is C20H24BFN2O5. The Bertz CT molecular complexity index is 960. The lowest BCUT2D eigenvalue weighted by Gasteiger charge is -2.32. The van der Waals surface area contributed by atoms with Crippen molar-refractivity contribution in [1.82, 2.24) is 10.1 Å². The van der Waals surface area contributed by atoms with Gasteiger partial charge in [-0.1, -0.05) is 11.2 Å². The van der Waals surface area contributed by atoms with Crippen LogP contribution in [0, 0.1) is 5.82 Å². The predicted molar refractivity (Wildman–Crippen MR) is 104 cm³/mol. The van der Waals surface area contributed by atoms with Crippen LogP contribution in [0.5, 0.6) is 0 Å². The van der Waals surface area contributed by atoms with Crippen molar-refractivity contribution in [2.45, 2.75) is 50.9 Å². The lowest BCUT2D eigenvalue weighted by atomic mass is 9.78. The first-order valence-electron chi connectivity index (χ1n) is 9.55. The normalized spacial score (nSPS) is 25.8. The fourth-order valence-electron chi connectivity index (χ4n) is 3.54. The number of aliphatic hydroxyl groups is 1. The molecule has 0 spiro atoms. The zero-order chi connectivity index (χ0) is 21.2. The minimum absolute atomic E-state index is 0.00212. The van der Waals surface area contributed by atoms with Crippen LogP contribution in [0.15, 0.2) is 28.8 Å². The number of benzene rings is 1. The van der Waals surface area contributed by atoms with Crippen molar-refractivity contribution in [3.8, 4) is 11.3 Å². The van der Waals surface area contributed by atoms with Gasteiger partial charge < -0.3 is 23.8 Å². The Morgan fingerprint density at radius 2 is 1.83 bits per heavy atom. The monoisotopic (exact) mass is 402 g/mol. The van der Waals surface area contributed by atoms with E-state index in [9.17, 15) is 14.3 Å². The zero-order valence-electron chi connectivity index (χ0n) is 17.2. The molecule has 1 atom stereocenters. The predicted octanol–water partition coefficient (Wildman–Crippen LogP) is 1.83. The summed E-state index contributed by atoms with van der Waals surface area (Å²) in [5, 5.41) is 14.6. The van der Waals surface area contributed by atoms with E-state index in [2.05, 4.69) is 5.16 Å². The average Bonchev–Trinajstić information content (AvgIpc) is 3.29. The smallest absolute Gasteiger partial charge is 0.399 e. The standard InChI is InChI=1S/C20H24BFN2O5/c1-18(2)19(3,4)29-21(28-18)12-6-7-14(22)13(10-12)15-11-16(27-23-15)20(26)8-9-24(5)17(20)25/h6-7,10-11,26H,8-9H2,1-5H3. The summed E-state index contributed by atoms with van der Waals surface area (Å²) >= 11 is 0. The first-order chi connectivity index (χ1) is 13.4. The number of nitrogens with zero attached hydrogens (tertiary/aromatic N) is 2. The molecule has 1 aromatic carbocycles. The maximum Gasteiger partial charge on any atom is 0.494 e. The van der Waals surface area contributed by atoms with Gasteiger partial charge >= 0.3 is 7.12 Å². The van der Waals surface area contributed by atoms with Crippen LogP contribution in [0.1, 0.15) is 39.9 Å². The van der Waals surface area contributed by atoms with E-state index in [0.29, 0.717) is 12.0 Å². The SMILES string of the molecule is CN1CCC(O)(c2cc(-c3cc(B4OC(C)(C)C(C)(C)O4)ccc3F)no2)C1=O. The summed E-state index contributed by atoms with van der Waals surface area (Å²) in [6.45, 7) is 8.17. The molecule has 4 rings (SSSR count). The highest BCUT2D eigenvalue weighted by Gasteiger charge is 2.52. The van der Waals surface area contributed by atoms with Crippen LogP contribution >= 0.6 is 0 Å². The average molecular weight is 402 g/mol. The topological polar surface area (TPSA) is 85.0 Å². The molecule has 3 heterocycles. The molecule has 2 aliphatic rings. The number of carbonyl (C=O) groups excluding carboxylic acids is 1. The van der Waals surface area contributed by atoms with Crippen LogP contribution in [-0.4, -0.2) is 53.0 Å². The lowest BCUT2D eigenvalue weighted by Crippen LogP contribution is -2.41. The minimum Gasteiger partial charge on any atom is -0.399 e. The Balaban J connectivity index is 1.67. The Morgan fingerprint density at radius 3 is 2.41 bits per heavy atom. The third kappa shape index (κ3) is 3.08. The molecule has 0 radical (unpaired) electrons. The highest BCUT2D eigenvalue weighted by molar-refractivity contribution is 6.62. The molecule has 1 aromatic heterocycles. The van der Waals surface area contributed by atoms with Gasteiger partial charge in [0, 0.05) is 31.6 Å². The van der Waals surface area contributed by atoms with E-state index < -0.39 is 35.6 Å². The largest absolute Gasteiger partial charge is 0.494 e. The number of carbonyl (C=O) groups is 1. The summed E-state index contributed by atoms with van der Waals surface area (Å²) in [6, 6.07) is 5.91. The third-order valence-electron chi connectivity index (χ3n) is 6.22. The maximum absolute atomic E-state index is 14.6. The van der Waals surface area contributed by atoms with Crippen molar-refractivity contribution in [1.29, 1.82) is 0 Å². The second-order valence-electron chi connectivity index (χ2n) is 8.74. The molecule has 1 unspecified atom stereocenters. The second-order valence-corrected chi connectivity index (χ2v) is 8.74. The van der Waals surface area contributed by atoms with Crippen molar-refractivity contribution >= 4 is 18.5 Å². The Kier molecular flexibility index (Phi) is 4.42. The zero-order valence-corrected chi connectivity index (χ0v) is 17.2. The maximum atomic E-state index is 14.6. The fraction of sp³-hybridized carbons (Fsp3) is 0.500. The van der Waals surface area contributed by atoms with Crippen molar-refractivity contribution < 1.29 is 28.1 Å². The molecule has 2 aliphatic heterocycles. The third-order valence-corrected chi connectivity index (χ3v) is 6.22. The minimum atomic E-state index is -1.78. The first-order valence-corrected chi connectivity index (χ1v) is 9.55. The van der Waals surface area contributed by atoms with E-state index in [-0.39, 0.29) is 23.4 Å². The van der Waals surface area contributed by atoms with Crippen molar-refractivity contribution in [2.75, 3.05) is 13.6 Å². The number of likely N-dealkylation sites (tertiary alicyclic amines) is 1. The van der Waals surface area contributed by atoms with Crippen LogP contribution in [0.4, 0.5) is 4.39 Å². The second kappa shape index (κ2) is 6.39. The van der Waals surface area contributed by atoms with Gasteiger partial charge in [-0.25, -0.2) is 4.39 Å². The van der Waals surface area contributed by atoms with Crippen LogP contribution in [0.25, 0.3) is 11.3 Å². The number of halogens is 1. The molecular weight excluding hydrogens is 378 g/mol. The van der Waals surface area contributed by atoms with Gasteiger partial charge in [0.1, 0.15) is 11.5 Å². The Hall–Kier alpha value is -2.23. The van der Waals surface area contributed by atoms with Gasteiger partial charge in [0.2, 0.25) is 5.60 Å². The number of likely N-dealkylation sites (N-methyl/N-ethyl adjacent to an activating group) is 1. The first kappa shape index (κ1) is 20.1. The van der Waals surface area contributed by atoms with Crippen LogP contribution < -0.4 is 5.46 Å². The Labute approximate surface area is 168 Å². The van der Waals surface area contributed by atoms with E-state index in [4.69, 9.17) is 13.8 Å². The van der Waals surface area contributed by atoms with Crippen LogP contribution in [-0.2, 0) is 19.7 Å². The van der Waals surface area contributed by atoms with E-state index in [0.717, 1.165) is 0 Å². The molecule has 0 aliphatic carbocycles. The van der Waals surface area contributed by atoms with Crippen LogP contribution in [0.2, 0.25) is 0 Å². The van der Waals surface area contributed by atoms with Gasteiger partial charge in [0.25, 0.3) is 5.91 Å². The summed E-state index contributed by atoms with van der Waals surface area (Å²) in [5.41, 5.74) is -1.82. The van der Waals surface area contributed by atoms with Gasteiger partial charge in [-0.05, 0) is 45.3 Å². The molecule has 154 valence electrons. The summed E-state index contributed by atoms with van der Waals surface area (Å²) in [5.74, 6) is -0.971. The highest BCUT2D eigenvalue weighted by Crippen LogP contribution is 2.37. The molecule has 0 saturated carbocycles. The van der Waals surface area contributed by atoms with E-state index in [1.54, 1.807) is 19.2 Å². The van der Waals surface area contributed by atoms with Gasteiger partial charge in [0.05, 0.1) is 11.2 Å². The molecule has 2 fully saturated rings. The number of rotatable bonds is 3. The molecule has 7 nitrogen and oxygen atoms in total. The summed E-state index contributed by atoms with van der Waals surface area (Å²) in [6.07, 6.45) is 0.188. The number of aromatic nitrogens is 1. The van der Waals surface area contributed by atoms with Gasteiger partial charge in [-0.15, -0.1) is 0 Å². The van der Waals surface area contributed by atoms with Gasteiger partial charge in [-0.2, -0.15) is 0 Å². The summed E-state index contributed by atoms with van der Waals surface area (Å²) in [4.78, 5) is 13.7. The molecule has 2 saturated heterocycles. The molecule has 2 aromatic rings. The molecule has 1 amide bonds. The van der Waals surface area contributed by atoms with Crippen LogP contribution in [0.3, 0.4) is 0 Å². The van der Waals surface area contributed by atoms with Gasteiger partial charge in [-0.3, -0.25) is 4.79 Å². The molecule has 1 N–H and O–H groups in total.